The van der Waals surface area contributed by atoms with Crippen LogP contribution in [0.5, 0.6) is 0 Å². The number of hydrogen-bond donors (Lipinski definition) is 2. The number of nitrogens with zero attached hydrogens (tertiary/aromatic N) is 3. The lowest BCUT2D eigenvalue weighted by Crippen LogP contribution is -2.54. The number of rotatable bonds is 6. The van der Waals surface area contributed by atoms with Gasteiger partial charge < -0.3 is 15.5 Å². The first-order chi connectivity index (χ1) is 9.09. The molecule has 0 amide bonds. The first-order valence-electron chi connectivity index (χ1n) is 6.75. The van der Waals surface area contributed by atoms with Gasteiger partial charge in [0.25, 0.3) is 0 Å². The molecule has 6 heteroatoms. The molecule has 5 nitrogen and oxygen atoms in total. The van der Waals surface area contributed by atoms with Crippen molar-refractivity contribution in [2.45, 2.75) is 31.7 Å². The third-order valence-corrected chi connectivity index (χ3v) is 4.70. The molecule has 2 N–H and O–H groups in total. The third kappa shape index (κ3) is 3.00. The van der Waals surface area contributed by atoms with E-state index in [1.165, 1.54) is 19.3 Å². The average molecular weight is 328 g/mol. The summed E-state index contributed by atoms with van der Waals surface area (Å²) in [6, 6.07) is 0. The van der Waals surface area contributed by atoms with Crippen molar-refractivity contribution in [3.8, 4) is 0 Å². The van der Waals surface area contributed by atoms with Gasteiger partial charge in [0, 0.05) is 18.6 Å². The van der Waals surface area contributed by atoms with Crippen molar-refractivity contribution in [2.75, 3.05) is 37.8 Å². The fourth-order valence-electron chi connectivity index (χ4n) is 2.40. The molecule has 1 aliphatic rings. The fraction of sp³-hybridized carbons (Fsp3) is 0.692. The third-order valence-electron chi connectivity index (χ3n) is 3.95. The SMILES string of the molecule is CCNc1ncnc(NCC2(N(C)C)CCC2)c1Br. The predicted octanol–water partition coefficient (Wildman–Crippen LogP) is 2.57. The number of hydrogen-bond acceptors (Lipinski definition) is 5. The van der Waals surface area contributed by atoms with Crippen LogP contribution in [0.15, 0.2) is 10.8 Å². The second kappa shape index (κ2) is 6.05. The van der Waals surface area contributed by atoms with E-state index in [1.54, 1.807) is 6.33 Å². The van der Waals surface area contributed by atoms with E-state index in [1.807, 2.05) is 0 Å². The highest BCUT2D eigenvalue weighted by molar-refractivity contribution is 9.10. The lowest BCUT2D eigenvalue weighted by Gasteiger charge is -2.47. The Morgan fingerprint density at radius 2 is 1.89 bits per heavy atom. The van der Waals surface area contributed by atoms with Crippen molar-refractivity contribution in [2.24, 2.45) is 0 Å². The highest BCUT2D eigenvalue weighted by Crippen LogP contribution is 2.37. The van der Waals surface area contributed by atoms with Crippen LogP contribution in [0.4, 0.5) is 11.6 Å². The molecule has 19 heavy (non-hydrogen) atoms. The molecule has 1 aromatic heterocycles. The zero-order valence-electron chi connectivity index (χ0n) is 11.8. The van der Waals surface area contributed by atoms with E-state index in [9.17, 15) is 0 Å². The standard InChI is InChI=1S/C13H22BrN5/c1-4-15-11-10(14)12(18-9-17-11)16-8-13(19(2)3)6-5-7-13/h9H,4-8H2,1-3H3,(H2,15,16,17,18). The molecule has 1 aliphatic carbocycles. The molecule has 1 aromatic rings. The minimum absolute atomic E-state index is 0.280. The highest BCUT2D eigenvalue weighted by atomic mass is 79.9. The summed E-state index contributed by atoms with van der Waals surface area (Å²) >= 11 is 3.56. The van der Waals surface area contributed by atoms with E-state index >= 15 is 0 Å². The van der Waals surface area contributed by atoms with Gasteiger partial charge >= 0.3 is 0 Å². The summed E-state index contributed by atoms with van der Waals surface area (Å²) in [4.78, 5) is 10.9. The molecular weight excluding hydrogens is 306 g/mol. The van der Waals surface area contributed by atoms with Crippen molar-refractivity contribution in [1.82, 2.24) is 14.9 Å². The maximum atomic E-state index is 4.31. The maximum Gasteiger partial charge on any atom is 0.146 e. The van der Waals surface area contributed by atoms with Crippen molar-refractivity contribution >= 4 is 27.6 Å². The molecule has 0 bridgehead atoms. The van der Waals surface area contributed by atoms with Gasteiger partial charge in [-0.3, -0.25) is 0 Å². The molecule has 1 saturated carbocycles. The molecule has 106 valence electrons. The number of nitrogens with one attached hydrogen (secondary N) is 2. The Hall–Kier alpha value is -0.880. The summed E-state index contributed by atoms with van der Waals surface area (Å²) in [6.07, 6.45) is 5.40. The molecule has 0 atom stereocenters. The molecule has 0 aliphatic heterocycles. The van der Waals surface area contributed by atoms with Crippen LogP contribution in [-0.4, -0.2) is 47.6 Å². The fourth-order valence-corrected chi connectivity index (χ4v) is 2.88. The summed E-state index contributed by atoms with van der Waals surface area (Å²) in [5, 5.41) is 6.67. The average Bonchev–Trinajstić information content (AvgIpc) is 2.32. The van der Waals surface area contributed by atoms with Crippen LogP contribution in [-0.2, 0) is 0 Å². The Labute approximate surface area is 123 Å². The highest BCUT2D eigenvalue weighted by Gasteiger charge is 2.38. The van der Waals surface area contributed by atoms with Gasteiger partial charge in [0.2, 0.25) is 0 Å². The molecule has 0 spiro atoms. The van der Waals surface area contributed by atoms with Crippen molar-refractivity contribution in [1.29, 1.82) is 0 Å². The van der Waals surface area contributed by atoms with E-state index in [0.29, 0.717) is 0 Å². The molecule has 1 fully saturated rings. The first-order valence-corrected chi connectivity index (χ1v) is 7.54. The summed E-state index contributed by atoms with van der Waals surface area (Å²) in [6.45, 7) is 3.81. The zero-order chi connectivity index (χ0) is 13.9. The van der Waals surface area contributed by atoms with Gasteiger partial charge in [0.05, 0.1) is 0 Å². The van der Waals surface area contributed by atoms with Crippen LogP contribution < -0.4 is 10.6 Å². The van der Waals surface area contributed by atoms with Gasteiger partial charge in [-0.2, -0.15) is 0 Å². The smallest absolute Gasteiger partial charge is 0.146 e. The monoisotopic (exact) mass is 327 g/mol. The van der Waals surface area contributed by atoms with Crippen LogP contribution in [0.25, 0.3) is 0 Å². The van der Waals surface area contributed by atoms with Crippen LogP contribution in [0, 0.1) is 0 Å². The molecule has 0 radical (unpaired) electrons. The topological polar surface area (TPSA) is 53.1 Å². The Balaban J connectivity index is 2.05. The Kier molecular flexibility index (Phi) is 4.62. The number of aromatic nitrogens is 2. The number of halogens is 1. The second-order valence-electron chi connectivity index (χ2n) is 5.24. The minimum Gasteiger partial charge on any atom is -0.369 e. The Morgan fingerprint density at radius 3 is 2.37 bits per heavy atom. The molecule has 0 aromatic carbocycles. The first kappa shape index (κ1) is 14.5. The van der Waals surface area contributed by atoms with Crippen LogP contribution in [0.3, 0.4) is 0 Å². The van der Waals surface area contributed by atoms with Gasteiger partial charge in [-0.1, -0.05) is 0 Å². The molecular formula is C13H22BrN5. The van der Waals surface area contributed by atoms with E-state index in [2.05, 4.69) is 62.5 Å². The molecule has 2 rings (SSSR count). The normalized spacial score (nSPS) is 17.1. The lowest BCUT2D eigenvalue weighted by atomic mass is 9.75. The maximum absolute atomic E-state index is 4.31. The second-order valence-corrected chi connectivity index (χ2v) is 6.03. The van der Waals surface area contributed by atoms with Gasteiger partial charge in [-0.25, -0.2) is 9.97 Å². The van der Waals surface area contributed by atoms with E-state index in [4.69, 9.17) is 0 Å². The van der Waals surface area contributed by atoms with Crippen LogP contribution >= 0.6 is 15.9 Å². The quantitative estimate of drug-likeness (QED) is 0.841. The van der Waals surface area contributed by atoms with Gasteiger partial charge in [-0.05, 0) is 56.2 Å². The van der Waals surface area contributed by atoms with E-state index in [0.717, 1.165) is 29.2 Å². The largest absolute Gasteiger partial charge is 0.369 e. The van der Waals surface area contributed by atoms with E-state index < -0.39 is 0 Å². The van der Waals surface area contributed by atoms with Crippen molar-refractivity contribution in [3.05, 3.63) is 10.8 Å². The summed E-state index contributed by atoms with van der Waals surface area (Å²) < 4.78 is 0.907. The number of likely N-dealkylation sites (N-methyl/N-ethyl adjacent to an activating group) is 1. The van der Waals surface area contributed by atoms with Gasteiger partial charge in [-0.15, -0.1) is 0 Å². The Morgan fingerprint density at radius 1 is 1.26 bits per heavy atom. The summed E-state index contributed by atoms with van der Waals surface area (Å²) in [5.74, 6) is 1.70. The zero-order valence-corrected chi connectivity index (χ0v) is 13.4. The van der Waals surface area contributed by atoms with Crippen LogP contribution in [0.1, 0.15) is 26.2 Å². The van der Waals surface area contributed by atoms with Crippen molar-refractivity contribution in [3.63, 3.8) is 0 Å². The molecule has 0 unspecified atom stereocenters. The van der Waals surface area contributed by atoms with Crippen molar-refractivity contribution < 1.29 is 0 Å². The summed E-state index contributed by atoms with van der Waals surface area (Å²) in [7, 11) is 4.31. The Bertz CT molecular complexity index is 431. The molecule has 1 heterocycles. The lowest BCUT2D eigenvalue weighted by molar-refractivity contribution is 0.0738. The number of anilines is 2. The van der Waals surface area contributed by atoms with Gasteiger partial charge in [0.15, 0.2) is 0 Å². The van der Waals surface area contributed by atoms with Crippen LogP contribution in [0.2, 0.25) is 0 Å². The van der Waals surface area contributed by atoms with E-state index in [-0.39, 0.29) is 5.54 Å². The predicted molar refractivity (Wildman–Crippen MR) is 82.7 cm³/mol. The molecule has 0 saturated heterocycles. The minimum atomic E-state index is 0.280. The summed E-state index contributed by atoms with van der Waals surface area (Å²) in [5.41, 5.74) is 0.280. The van der Waals surface area contributed by atoms with Gasteiger partial charge in [0.1, 0.15) is 22.4 Å².